The molecule has 42 heavy (non-hydrogen) atoms. The summed E-state index contributed by atoms with van der Waals surface area (Å²) in [5.74, 6) is 1.57. The zero-order valence-corrected chi connectivity index (χ0v) is 25.0. The molecule has 0 aliphatic carbocycles. The molecular formula is C35H38ClN3O3. The summed E-state index contributed by atoms with van der Waals surface area (Å²) in [4.78, 5) is 31.1. The predicted molar refractivity (Wildman–Crippen MR) is 169 cm³/mol. The van der Waals surface area contributed by atoms with Gasteiger partial charge in [0.15, 0.2) is 11.6 Å². The summed E-state index contributed by atoms with van der Waals surface area (Å²) in [5, 5.41) is 1.54. The second-order valence-electron chi connectivity index (χ2n) is 11.6. The van der Waals surface area contributed by atoms with Gasteiger partial charge in [-0.05, 0) is 126 Å². The quantitative estimate of drug-likeness (QED) is 0.189. The fourth-order valence-electron chi connectivity index (χ4n) is 6.39. The van der Waals surface area contributed by atoms with Crippen molar-refractivity contribution < 1.29 is 14.3 Å². The molecule has 1 aromatic heterocycles. The van der Waals surface area contributed by atoms with Crippen LogP contribution in [0.3, 0.4) is 0 Å². The van der Waals surface area contributed by atoms with Crippen molar-refractivity contribution in [2.24, 2.45) is 0 Å². The van der Waals surface area contributed by atoms with E-state index in [0.29, 0.717) is 35.2 Å². The number of hydrogen-bond donors (Lipinski definition) is 0. The van der Waals surface area contributed by atoms with Crippen molar-refractivity contribution in [2.45, 2.75) is 45.4 Å². The van der Waals surface area contributed by atoms with Gasteiger partial charge in [0, 0.05) is 32.9 Å². The van der Waals surface area contributed by atoms with Crippen molar-refractivity contribution in [3.05, 3.63) is 88.6 Å². The Morgan fingerprint density at radius 1 is 0.714 bits per heavy atom. The van der Waals surface area contributed by atoms with Crippen molar-refractivity contribution in [1.29, 1.82) is 0 Å². The Labute approximate surface area is 252 Å². The number of rotatable bonds is 9. The molecule has 7 heteroatoms. The number of ketones is 2. The topological polar surface area (TPSA) is 54.8 Å². The second-order valence-corrected chi connectivity index (χ2v) is 12.0. The van der Waals surface area contributed by atoms with Crippen LogP contribution in [0.25, 0.3) is 16.6 Å². The maximum absolute atomic E-state index is 13.8. The van der Waals surface area contributed by atoms with Gasteiger partial charge in [-0.3, -0.25) is 19.4 Å². The molecule has 0 spiro atoms. The number of aromatic nitrogens is 1. The number of ether oxygens (including phenoxy) is 1. The molecule has 0 bridgehead atoms. The minimum Gasteiger partial charge on any atom is -0.457 e. The van der Waals surface area contributed by atoms with Crippen LogP contribution in [0.15, 0.2) is 66.7 Å². The van der Waals surface area contributed by atoms with Crippen LogP contribution in [0.4, 0.5) is 0 Å². The maximum atomic E-state index is 13.8. The molecule has 2 saturated heterocycles. The van der Waals surface area contributed by atoms with Crippen molar-refractivity contribution in [2.75, 3.05) is 39.3 Å². The van der Waals surface area contributed by atoms with E-state index in [1.165, 1.54) is 25.7 Å². The van der Waals surface area contributed by atoms with Crippen molar-refractivity contribution in [1.82, 2.24) is 14.4 Å². The Morgan fingerprint density at radius 2 is 1.29 bits per heavy atom. The van der Waals surface area contributed by atoms with Crippen LogP contribution in [0.5, 0.6) is 11.5 Å². The highest BCUT2D eigenvalue weighted by Crippen LogP contribution is 2.34. The molecule has 2 aliphatic rings. The first-order chi connectivity index (χ1) is 20.5. The number of Topliss-reactive ketones (excluding diaryl/α,β-unsaturated/α-hetero) is 2. The summed E-state index contributed by atoms with van der Waals surface area (Å²) in [5.41, 5.74) is 4.24. The highest BCUT2D eigenvalue weighted by atomic mass is 35.5. The van der Waals surface area contributed by atoms with Crippen molar-refractivity contribution >= 4 is 34.1 Å². The Balaban J connectivity index is 1.28. The summed E-state index contributed by atoms with van der Waals surface area (Å²) >= 11 is 6.18. The first-order valence-electron chi connectivity index (χ1n) is 15.2. The lowest BCUT2D eigenvalue weighted by Gasteiger charge is -2.25. The number of benzene rings is 3. The molecule has 0 saturated carbocycles. The van der Waals surface area contributed by atoms with E-state index >= 15 is 0 Å². The molecule has 6 rings (SSSR count). The van der Waals surface area contributed by atoms with Gasteiger partial charge in [0.1, 0.15) is 11.5 Å². The summed E-state index contributed by atoms with van der Waals surface area (Å²) in [6.45, 7) is 6.82. The van der Waals surface area contributed by atoms with Gasteiger partial charge in [-0.25, -0.2) is 0 Å². The molecule has 0 N–H and O–H groups in total. The SMILES string of the molecule is Cc1c(C(=O)CN2CCCCC2)c2cc(Oc3ccc(C(=O)CN4CCCCC4)cc3)ccc2n1-c1ccc(Cl)cc1. The number of carbonyl (C=O) groups excluding carboxylic acids is 2. The lowest BCUT2D eigenvalue weighted by Crippen LogP contribution is -2.34. The van der Waals surface area contributed by atoms with Gasteiger partial charge in [0.05, 0.1) is 18.6 Å². The summed E-state index contributed by atoms with van der Waals surface area (Å²) < 4.78 is 8.38. The lowest BCUT2D eigenvalue weighted by atomic mass is 10.0. The predicted octanol–water partition coefficient (Wildman–Crippen LogP) is 7.72. The average Bonchev–Trinajstić information content (AvgIpc) is 3.30. The molecule has 2 fully saturated rings. The van der Waals surface area contributed by atoms with Gasteiger partial charge in [-0.2, -0.15) is 0 Å². The fraction of sp³-hybridized carbons (Fsp3) is 0.371. The maximum Gasteiger partial charge on any atom is 0.179 e. The van der Waals surface area contributed by atoms with Crippen LogP contribution < -0.4 is 4.74 Å². The van der Waals surface area contributed by atoms with Gasteiger partial charge in [0.2, 0.25) is 0 Å². The van der Waals surface area contributed by atoms with E-state index in [1.807, 2.05) is 73.7 Å². The molecule has 3 aromatic carbocycles. The summed E-state index contributed by atoms with van der Waals surface area (Å²) in [6, 6.07) is 21.0. The third-order valence-corrected chi connectivity index (χ3v) is 8.83. The third-order valence-electron chi connectivity index (χ3n) is 8.58. The van der Waals surface area contributed by atoms with E-state index in [9.17, 15) is 9.59 Å². The largest absolute Gasteiger partial charge is 0.457 e. The van der Waals surface area contributed by atoms with E-state index < -0.39 is 0 Å². The van der Waals surface area contributed by atoms with Crippen LogP contribution in [0.1, 0.15) is 64.9 Å². The second kappa shape index (κ2) is 12.8. The zero-order valence-electron chi connectivity index (χ0n) is 24.3. The van der Waals surface area contributed by atoms with Crippen molar-refractivity contribution in [3.8, 4) is 17.2 Å². The van der Waals surface area contributed by atoms with Gasteiger partial charge in [0.25, 0.3) is 0 Å². The summed E-state index contributed by atoms with van der Waals surface area (Å²) in [6.07, 6.45) is 7.09. The highest BCUT2D eigenvalue weighted by Gasteiger charge is 2.24. The summed E-state index contributed by atoms with van der Waals surface area (Å²) in [7, 11) is 0. The molecule has 0 atom stereocenters. The van der Waals surface area contributed by atoms with E-state index in [0.717, 1.165) is 66.9 Å². The van der Waals surface area contributed by atoms with Crippen LogP contribution in [0.2, 0.25) is 5.02 Å². The Hall–Kier alpha value is -3.45. The van der Waals surface area contributed by atoms with Crippen LogP contribution >= 0.6 is 11.6 Å². The van der Waals surface area contributed by atoms with Crippen LogP contribution in [-0.2, 0) is 0 Å². The number of piperidine rings is 2. The normalized spacial score (nSPS) is 16.5. The molecule has 0 amide bonds. The zero-order chi connectivity index (χ0) is 29.1. The number of nitrogens with zero attached hydrogens (tertiary/aromatic N) is 3. The number of halogens is 1. The van der Waals surface area contributed by atoms with Gasteiger partial charge in [-0.1, -0.05) is 24.4 Å². The number of hydrogen-bond acceptors (Lipinski definition) is 5. The van der Waals surface area contributed by atoms with Crippen LogP contribution in [0, 0.1) is 6.92 Å². The van der Waals surface area contributed by atoms with Crippen molar-refractivity contribution in [3.63, 3.8) is 0 Å². The van der Waals surface area contributed by atoms with E-state index in [2.05, 4.69) is 14.4 Å². The van der Waals surface area contributed by atoms with Gasteiger partial charge < -0.3 is 9.30 Å². The number of carbonyl (C=O) groups is 2. The highest BCUT2D eigenvalue weighted by molar-refractivity contribution is 6.30. The average molecular weight is 584 g/mol. The molecule has 6 nitrogen and oxygen atoms in total. The molecule has 3 heterocycles. The number of fused-ring (bicyclic) bond motifs is 1. The molecule has 0 radical (unpaired) electrons. The van der Waals surface area contributed by atoms with Crippen LogP contribution in [-0.4, -0.2) is 65.2 Å². The Morgan fingerprint density at radius 3 is 1.90 bits per heavy atom. The Kier molecular flexibility index (Phi) is 8.75. The van der Waals surface area contributed by atoms with E-state index in [-0.39, 0.29) is 11.6 Å². The standard InChI is InChI=1S/C35H38ClN3O3/c1-25-35(34(41)24-38-20-6-3-7-21-38)31-22-30(16-17-32(31)39(25)28-12-10-27(36)11-13-28)42-29-14-8-26(9-15-29)33(40)23-37-18-4-2-5-19-37/h8-17,22H,2-7,18-21,23-24H2,1H3. The third kappa shape index (κ3) is 6.31. The monoisotopic (exact) mass is 583 g/mol. The minimum atomic E-state index is 0.126. The smallest absolute Gasteiger partial charge is 0.179 e. The van der Waals surface area contributed by atoms with E-state index in [4.69, 9.17) is 16.3 Å². The van der Waals surface area contributed by atoms with Gasteiger partial charge >= 0.3 is 0 Å². The molecule has 0 unspecified atom stereocenters. The minimum absolute atomic E-state index is 0.126. The molecule has 218 valence electrons. The molecule has 2 aliphatic heterocycles. The molecular weight excluding hydrogens is 546 g/mol. The molecule has 4 aromatic rings. The van der Waals surface area contributed by atoms with E-state index in [1.54, 1.807) is 0 Å². The first kappa shape index (κ1) is 28.7. The first-order valence-corrected chi connectivity index (χ1v) is 15.5. The fourth-order valence-corrected chi connectivity index (χ4v) is 6.52. The lowest BCUT2D eigenvalue weighted by molar-refractivity contribution is 0.0908. The number of likely N-dealkylation sites (tertiary alicyclic amines) is 2. The van der Waals surface area contributed by atoms with Gasteiger partial charge in [-0.15, -0.1) is 0 Å². The Bertz CT molecular complexity index is 1560.